The van der Waals surface area contributed by atoms with E-state index in [0.717, 1.165) is 4.31 Å². The van der Waals surface area contributed by atoms with Crippen LogP contribution in [0.2, 0.25) is 0 Å². The number of nitrogens with one attached hydrogen (secondary N) is 2. The molecule has 0 saturated carbocycles. The Bertz CT molecular complexity index is 1160. The van der Waals surface area contributed by atoms with Gasteiger partial charge in [0.05, 0.1) is 23.3 Å². The summed E-state index contributed by atoms with van der Waals surface area (Å²) in [6, 6.07) is 11.0. The summed E-state index contributed by atoms with van der Waals surface area (Å²) in [5.41, 5.74) is -0.159. The second-order valence-corrected chi connectivity index (χ2v) is 10.4. The van der Waals surface area contributed by atoms with Gasteiger partial charge in [-0.05, 0) is 64.1 Å². The average molecular weight is 492 g/mol. The van der Waals surface area contributed by atoms with Crippen LogP contribution in [0.5, 0.6) is 5.75 Å². The van der Waals surface area contributed by atoms with E-state index in [1.807, 2.05) is 0 Å². The van der Waals surface area contributed by atoms with E-state index in [1.165, 1.54) is 45.3 Å². The molecule has 0 aliphatic heterocycles. The van der Waals surface area contributed by atoms with Crippen LogP contribution in [0.25, 0.3) is 0 Å². The fourth-order valence-electron chi connectivity index (χ4n) is 2.81. The van der Waals surface area contributed by atoms with Crippen LogP contribution >= 0.6 is 0 Å². The molecule has 2 rings (SSSR count). The molecule has 184 valence electrons. The molecule has 0 radical (unpaired) electrons. The minimum Gasteiger partial charge on any atom is -0.495 e. The topological polar surface area (TPSA) is 131 Å². The number of imide groups is 1. The maximum Gasteiger partial charge on any atom is 0.338 e. The van der Waals surface area contributed by atoms with Crippen molar-refractivity contribution in [2.75, 3.05) is 18.5 Å². The van der Waals surface area contributed by atoms with Crippen molar-refractivity contribution in [1.29, 1.82) is 0 Å². The van der Waals surface area contributed by atoms with Gasteiger partial charge in [0.15, 0.2) is 6.10 Å². The second kappa shape index (κ2) is 10.6. The molecule has 10 nitrogen and oxygen atoms in total. The standard InChI is InChI=1S/C23H29N3O7S/c1-15(20(27)24-22(29)25-23(2,3)4)33-21(28)16-11-13-17(14-12-16)34(30,31)26(5)18-9-7-8-10-19(18)32-6/h7-15H,1-6H3,(H2,24,25,27,29). The number of ether oxygens (including phenoxy) is 2. The highest BCUT2D eigenvalue weighted by atomic mass is 32.2. The summed E-state index contributed by atoms with van der Waals surface area (Å²) in [5, 5.41) is 4.66. The fraction of sp³-hybridized carbons (Fsp3) is 0.348. The van der Waals surface area contributed by atoms with Crippen molar-refractivity contribution >= 4 is 33.6 Å². The highest BCUT2D eigenvalue weighted by Gasteiger charge is 2.25. The van der Waals surface area contributed by atoms with Gasteiger partial charge >= 0.3 is 12.0 Å². The lowest BCUT2D eigenvalue weighted by Crippen LogP contribution is -2.50. The van der Waals surface area contributed by atoms with Gasteiger partial charge in [0.1, 0.15) is 5.75 Å². The van der Waals surface area contributed by atoms with Crippen LogP contribution in [0.1, 0.15) is 38.1 Å². The van der Waals surface area contributed by atoms with E-state index in [0.29, 0.717) is 11.4 Å². The normalized spacial score (nSPS) is 12.3. The zero-order valence-electron chi connectivity index (χ0n) is 19.9. The number of amides is 3. The molecule has 0 bridgehead atoms. The Hall–Kier alpha value is -3.60. The molecule has 0 saturated heterocycles. The van der Waals surface area contributed by atoms with E-state index in [9.17, 15) is 22.8 Å². The summed E-state index contributed by atoms with van der Waals surface area (Å²) >= 11 is 0. The number of urea groups is 1. The molecule has 2 N–H and O–H groups in total. The maximum atomic E-state index is 13.0. The van der Waals surface area contributed by atoms with Crippen molar-refractivity contribution in [2.45, 2.75) is 44.2 Å². The Kier molecular flexibility index (Phi) is 8.27. The molecule has 0 aliphatic carbocycles. The van der Waals surface area contributed by atoms with Crippen LogP contribution in [0, 0.1) is 0 Å². The zero-order chi connectivity index (χ0) is 25.7. The molecule has 0 aromatic heterocycles. The Balaban J connectivity index is 2.09. The lowest BCUT2D eigenvalue weighted by atomic mass is 10.1. The van der Waals surface area contributed by atoms with Crippen LogP contribution < -0.4 is 19.7 Å². The van der Waals surface area contributed by atoms with Crippen LogP contribution in [0.4, 0.5) is 10.5 Å². The number of anilines is 1. The monoisotopic (exact) mass is 491 g/mol. The predicted octanol–water partition coefficient (Wildman–Crippen LogP) is 2.69. The number of esters is 1. The first kappa shape index (κ1) is 26.7. The summed E-state index contributed by atoms with van der Waals surface area (Å²) in [6.45, 7) is 6.56. The average Bonchev–Trinajstić information content (AvgIpc) is 2.77. The largest absolute Gasteiger partial charge is 0.495 e. The third-order valence-electron chi connectivity index (χ3n) is 4.55. The zero-order valence-corrected chi connectivity index (χ0v) is 20.7. The summed E-state index contributed by atoms with van der Waals surface area (Å²) in [4.78, 5) is 36.3. The smallest absolute Gasteiger partial charge is 0.338 e. The first-order valence-corrected chi connectivity index (χ1v) is 11.8. The highest BCUT2D eigenvalue weighted by Crippen LogP contribution is 2.30. The molecule has 0 heterocycles. The number of hydrogen-bond donors (Lipinski definition) is 2. The van der Waals surface area contributed by atoms with Gasteiger partial charge in [0.25, 0.3) is 15.9 Å². The van der Waals surface area contributed by atoms with Crippen LogP contribution in [-0.4, -0.2) is 52.1 Å². The van der Waals surface area contributed by atoms with Gasteiger partial charge in [0, 0.05) is 12.6 Å². The van der Waals surface area contributed by atoms with E-state index < -0.39 is 39.6 Å². The van der Waals surface area contributed by atoms with Crippen molar-refractivity contribution in [3.63, 3.8) is 0 Å². The number of hydrogen-bond acceptors (Lipinski definition) is 7. The first-order chi connectivity index (χ1) is 15.8. The maximum absolute atomic E-state index is 13.0. The molecule has 2 aromatic carbocycles. The van der Waals surface area contributed by atoms with Gasteiger partial charge in [-0.3, -0.25) is 14.4 Å². The molecule has 2 aromatic rings. The van der Waals surface area contributed by atoms with Gasteiger partial charge in [-0.1, -0.05) is 12.1 Å². The SMILES string of the molecule is COc1ccccc1N(C)S(=O)(=O)c1ccc(C(=O)OC(C)C(=O)NC(=O)NC(C)(C)C)cc1. The molecule has 0 spiro atoms. The van der Waals surface area contributed by atoms with Crippen molar-refractivity contribution in [3.8, 4) is 5.75 Å². The molecular weight excluding hydrogens is 462 g/mol. The van der Waals surface area contributed by atoms with Crippen molar-refractivity contribution in [2.24, 2.45) is 0 Å². The minimum atomic E-state index is -3.94. The predicted molar refractivity (Wildman–Crippen MR) is 126 cm³/mol. The highest BCUT2D eigenvalue weighted by molar-refractivity contribution is 7.92. The Morgan fingerprint density at radius 1 is 1.00 bits per heavy atom. The lowest BCUT2D eigenvalue weighted by Gasteiger charge is -2.22. The van der Waals surface area contributed by atoms with Crippen LogP contribution in [-0.2, 0) is 19.6 Å². The number of sulfonamides is 1. The van der Waals surface area contributed by atoms with Crippen molar-refractivity contribution < 1.29 is 32.3 Å². The third-order valence-corrected chi connectivity index (χ3v) is 6.34. The molecule has 0 aliphatic rings. The number of carbonyl (C=O) groups is 3. The van der Waals surface area contributed by atoms with E-state index in [4.69, 9.17) is 9.47 Å². The number of rotatable bonds is 7. The van der Waals surface area contributed by atoms with Gasteiger partial charge < -0.3 is 14.8 Å². The van der Waals surface area contributed by atoms with E-state index in [2.05, 4.69) is 10.6 Å². The molecule has 3 amide bonds. The summed E-state index contributed by atoms with van der Waals surface area (Å²) in [6.07, 6.45) is -1.25. The third kappa shape index (κ3) is 6.70. The Morgan fingerprint density at radius 3 is 2.15 bits per heavy atom. The summed E-state index contributed by atoms with van der Waals surface area (Å²) in [5.74, 6) is -1.26. The number of carbonyl (C=O) groups excluding carboxylic acids is 3. The van der Waals surface area contributed by atoms with Crippen LogP contribution in [0.15, 0.2) is 53.4 Å². The molecule has 34 heavy (non-hydrogen) atoms. The molecular formula is C23H29N3O7S. The Labute approximate surface area is 199 Å². The fourth-order valence-corrected chi connectivity index (χ4v) is 4.01. The van der Waals surface area contributed by atoms with Gasteiger partial charge in [-0.15, -0.1) is 0 Å². The summed E-state index contributed by atoms with van der Waals surface area (Å²) < 4.78 is 37.4. The first-order valence-electron chi connectivity index (χ1n) is 10.3. The van der Waals surface area contributed by atoms with E-state index >= 15 is 0 Å². The van der Waals surface area contributed by atoms with Gasteiger partial charge in [0.2, 0.25) is 0 Å². The number of benzene rings is 2. The van der Waals surface area contributed by atoms with Gasteiger partial charge in [-0.2, -0.15) is 0 Å². The van der Waals surface area contributed by atoms with E-state index in [1.54, 1.807) is 45.0 Å². The van der Waals surface area contributed by atoms with Crippen LogP contribution in [0.3, 0.4) is 0 Å². The minimum absolute atomic E-state index is 0.0395. The van der Waals surface area contributed by atoms with E-state index in [-0.39, 0.29) is 10.5 Å². The summed E-state index contributed by atoms with van der Waals surface area (Å²) in [7, 11) is -1.10. The Morgan fingerprint density at radius 2 is 1.59 bits per heavy atom. The van der Waals surface area contributed by atoms with Crippen molar-refractivity contribution in [1.82, 2.24) is 10.6 Å². The molecule has 0 fully saturated rings. The van der Waals surface area contributed by atoms with Crippen molar-refractivity contribution in [3.05, 3.63) is 54.1 Å². The second-order valence-electron chi connectivity index (χ2n) is 8.41. The number of para-hydroxylation sites is 2. The quantitative estimate of drug-likeness (QED) is 0.569. The molecule has 11 heteroatoms. The number of methoxy groups -OCH3 is 1. The number of nitrogens with zero attached hydrogens (tertiary/aromatic N) is 1. The lowest BCUT2D eigenvalue weighted by molar-refractivity contribution is -0.127. The molecule has 1 unspecified atom stereocenters. The molecule has 1 atom stereocenters. The van der Waals surface area contributed by atoms with Gasteiger partial charge in [-0.25, -0.2) is 18.0 Å².